The third kappa shape index (κ3) is 9.09. The zero-order chi connectivity index (χ0) is 12.6. The highest BCUT2D eigenvalue weighted by Gasteiger charge is 2.10. The molecule has 0 fully saturated rings. The van der Waals surface area contributed by atoms with E-state index in [1.807, 2.05) is 19.0 Å². The first-order valence-corrected chi connectivity index (χ1v) is 6.15. The normalized spacial score (nSPS) is 14.1. The van der Waals surface area contributed by atoms with E-state index in [9.17, 15) is 5.11 Å². The van der Waals surface area contributed by atoms with E-state index in [1.54, 1.807) is 0 Å². The number of aliphatic hydroxyl groups is 1. The molecule has 0 heterocycles. The van der Waals surface area contributed by atoms with Gasteiger partial charge in [-0.2, -0.15) is 0 Å². The van der Waals surface area contributed by atoms with Crippen LogP contribution in [0, 0.1) is 0 Å². The molecule has 0 rings (SSSR count). The quantitative estimate of drug-likeness (QED) is 0.613. The average Bonchev–Trinajstić information content (AvgIpc) is 2.14. The molecule has 4 heteroatoms. The Balaban J connectivity index is 3.73. The van der Waals surface area contributed by atoms with Gasteiger partial charge in [0.15, 0.2) is 0 Å². The lowest BCUT2D eigenvalue weighted by Gasteiger charge is -2.25. The van der Waals surface area contributed by atoms with Gasteiger partial charge in [0.05, 0.1) is 6.10 Å². The van der Waals surface area contributed by atoms with Gasteiger partial charge in [-0.3, -0.25) is 0 Å². The molecule has 98 valence electrons. The van der Waals surface area contributed by atoms with Crippen LogP contribution in [0.25, 0.3) is 0 Å². The minimum absolute atomic E-state index is 0.241. The number of rotatable bonds is 9. The fourth-order valence-corrected chi connectivity index (χ4v) is 1.77. The summed E-state index contributed by atoms with van der Waals surface area (Å²) in [6.45, 7) is 6.86. The molecule has 0 saturated carbocycles. The predicted molar refractivity (Wildman–Crippen MR) is 69.8 cm³/mol. The molecule has 1 N–H and O–H groups in total. The van der Waals surface area contributed by atoms with Crippen molar-refractivity contribution in [3.05, 3.63) is 0 Å². The SMILES string of the molecule is CCN(CCCN(C)C)CC(O)CN(C)C. The van der Waals surface area contributed by atoms with Crippen molar-refractivity contribution >= 4 is 0 Å². The highest BCUT2D eigenvalue weighted by atomic mass is 16.3. The molecule has 0 aliphatic carbocycles. The van der Waals surface area contributed by atoms with Crippen molar-refractivity contribution in [1.29, 1.82) is 0 Å². The second kappa shape index (κ2) is 8.93. The fraction of sp³-hybridized carbons (Fsp3) is 1.00. The Hall–Kier alpha value is -0.160. The Morgan fingerprint density at radius 2 is 1.56 bits per heavy atom. The Morgan fingerprint density at radius 1 is 0.938 bits per heavy atom. The number of aliphatic hydroxyl groups excluding tert-OH is 1. The molecule has 0 aromatic heterocycles. The van der Waals surface area contributed by atoms with Crippen LogP contribution in [0.4, 0.5) is 0 Å². The highest BCUT2D eigenvalue weighted by Crippen LogP contribution is 1.97. The van der Waals surface area contributed by atoms with E-state index in [0.717, 1.165) is 39.1 Å². The van der Waals surface area contributed by atoms with Gasteiger partial charge in [-0.05, 0) is 54.2 Å². The predicted octanol–water partition coefficient (Wildman–Crippen LogP) is 0.183. The molecule has 0 saturated heterocycles. The number of nitrogens with zero attached hydrogens (tertiary/aromatic N) is 3. The van der Waals surface area contributed by atoms with Crippen LogP contribution >= 0.6 is 0 Å². The van der Waals surface area contributed by atoms with E-state index in [2.05, 4.69) is 30.8 Å². The molecule has 0 spiro atoms. The summed E-state index contributed by atoms with van der Waals surface area (Å²) in [5, 5.41) is 9.84. The van der Waals surface area contributed by atoms with Crippen molar-refractivity contribution in [3.63, 3.8) is 0 Å². The van der Waals surface area contributed by atoms with Crippen molar-refractivity contribution < 1.29 is 5.11 Å². The smallest absolute Gasteiger partial charge is 0.0793 e. The summed E-state index contributed by atoms with van der Waals surface area (Å²) < 4.78 is 0. The summed E-state index contributed by atoms with van der Waals surface area (Å²) >= 11 is 0. The average molecular weight is 231 g/mol. The van der Waals surface area contributed by atoms with E-state index >= 15 is 0 Å². The first-order chi connectivity index (χ1) is 7.45. The molecular formula is C12H29N3O. The summed E-state index contributed by atoms with van der Waals surface area (Å²) in [7, 11) is 8.17. The van der Waals surface area contributed by atoms with Crippen molar-refractivity contribution in [2.45, 2.75) is 19.4 Å². The summed E-state index contributed by atoms with van der Waals surface area (Å²) in [5.41, 5.74) is 0. The molecule has 0 aromatic carbocycles. The van der Waals surface area contributed by atoms with Gasteiger partial charge < -0.3 is 19.8 Å². The molecule has 4 nitrogen and oxygen atoms in total. The first-order valence-electron chi connectivity index (χ1n) is 6.15. The molecule has 0 aliphatic rings. The maximum atomic E-state index is 9.84. The standard InChI is InChI=1S/C12H29N3O/c1-6-15(9-7-8-13(2)3)11-12(16)10-14(4)5/h12,16H,6-11H2,1-5H3. The van der Waals surface area contributed by atoms with E-state index in [4.69, 9.17) is 0 Å². The lowest BCUT2D eigenvalue weighted by molar-refractivity contribution is 0.0893. The summed E-state index contributed by atoms with van der Waals surface area (Å²) in [6.07, 6.45) is 0.921. The van der Waals surface area contributed by atoms with Gasteiger partial charge in [0, 0.05) is 13.1 Å². The van der Waals surface area contributed by atoms with Crippen molar-refractivity contribution in [2.24, 2.45) is 0 Å². The van der Waals surface area contributed by atoms with Gasteiger partial charge in [-0.15, -0.1) is 0 Å². The minimum Gasteiger partial charge on any atom is -0.390 e. The molecular weight excluding hydrogens is 202 g/mol. The van der Waals surface area contributed by atoms with Crippen LogP contribution in [0.5, 0.6) is 0 Å². The van der Waals surface area contributed by atoms with Crippen LogP contribution in [0.2, 0.25) is 0 Å². The Labute approximate surface area is 101 Å². The second-order valence-corrected chi connectivity index (χ2v) is 4.97. The molecule has 0 radical (unpaired) electrons. The third-order valence-corrected chi connectivity index (χ3v) is 2.57. The molecule has 0 bridgehead atoms. The number of likely N-dealkylation sites (N-methyl/N-ethyl adjacent to an activating group) is 2. The van der Waals surface area contributed by atoms with Crippen LogP contribution in [0.3, 0.4) is 0 Å². The Morgan fingerprint density at radius 3 is 2.00 bits per heavy atom. The maximum Gasteiger partial charge on any atom is 0.0793 e. The minimum atomic E-state index is -0.241. The van der Waals surface area contributed by atoms with Gasteiger partial charge in [0.25, 0.3) is 0 Å². The summed E-state index contributed by atoms with van der Waals surface area (Å²) in [6, 6.07) is 0. The first kappa shape index (κ1) is 15.8. The molecule has 16 heavy (non-hydrogen) atoms. The van der Waals surface area contributed by atoms with Crippen molar-refractivity contribution in [3.8, 4) is 0 Å². The van der Waals surface area contributed by atoms with Crippen LogP contribution in [0.15, 0.2) is 0 Å². The van der Waals surface area contributed by atoms with Gasteiger partial charge in [-0.25, -0.2) is 0 Å². The van der Waals surface area contributed by atoms with Crippen molar-refractivity contribution in [2.75, 3.05) is 60.9 Å². The van der Waals surface area contributed by atoms with Gasteiger partial charge in [0.1, 0.15) is 0 Å². The van der Waals surface area contributed by atoms with Gasteiger partial charge >= 0.3 is 0 Å². The zero-order valence-corrected chi connectivity index (χ0v) is 11.6. The molecule has 0 aliphatic heterocycles. The number of hydrogen-bond acceptors (Lipinski definition) is 4. The van der Waals surface area contributed by atoms with E-state index in [0.29, 0.717) is 0 Å². The zero-order valence-electron chi connectivity index (χ0n) is 11.6. The van der Waals surface area contributed by atoms with Crippen LogP contribution in [-0.4, -0.2) is 86.8 Å². The van der Waals surface area contributed by atoms with E-state index < -0.39 is 0 Å². The van der Waals surface area contributed by atoms with Crippen LogP contribution in [-0.2, 0) is 0 Å². The topological polar surface area (TPSA) is 30.0 Å². The highest BCUT2D eigenvalue weighted by molar-refractivity contribution is 4.66. The molecule has 1 atom stereocenters. The van der Waals surface area contributed by atoms with Gasteiger partial charge in [0.2, 0.25) is 0 Å². The molecule has 1 unspecified atom stereocenters. The summed E-state index contributed by atoms with van der Waals surface area (Å²) in [5.74, 6) is 0. The largest absolute Gasteiger partial charge is 0.390 e. The van der Waals surface area contributed by atoms with E-state index in [1.165, 1.54) is 0 Å². The van der Waals surface area contributed by atoms with E-state index in [-0.39, 0.29) is 6.10 Å². The lowest BCUT2D eigenvalue weighted by atomic mass is 10.3. The third-order valence-electron chi connectivity index (χ3n) is 2.57. The van der Waals surface area contributed by atoms with Gasteiger partial charge in [-0.1, -0.05) is 6.92 Å². The summed E-state index contributed by atoms with van der Waals surface area (Å²) in [4.78, 5) is 6.54. The van der Waals surface area contributed by atoms with Crippen molar-refractivity contribution in [1.82, 2.24) is 14.7 Å². The second-order valence-electron chi connectivity index (χ2n) is 4.97. The van der Waals surface area contributed by atoms with Crippen LogP contribution in [0.1, 0.15) is 13.3 Å². The fourth-order valence-electron chi connectivity index (χ4n) is 1.77. The monoisotopic (exact) mass is 231 g/mol. The maximum absolute atomic E-state index is 9.84. The lowest BCUT2D eigenvalue weighted by Crippen LogP contribution is -2.39. The van der Waals surface area contributed by atoms with Crippen LogP contribution < -0.4 is 0 Å². The number of hydrogen-bond donors (Lipinski definition) is 1. The Kier molecular flexibility index (Phi) is 8.84. The Bertz CT molecular complexity index is 162. The molecule has 0 aromatic rings. The molecule has 0 amide bonds.